The minimum absolute atomic E-state index is 0.00421. The first-order chi connectivity index (χ1) is 17.5. The largest absolute Gasteiger partial charge is 0.481 e. The van der Waals surface area contributed by atoms with Crippen molar-refractivity contribution < 1.29 is 52.6 Å². The van der Waals surface area contributed by atoms with Crippen LogP contribution >= 0.6 is 0 Å². The van der Waals surface area contributed by atoms with E-state index in [1.807, 2.05) is 13.8 Å². The zero-order chi connectivity index (χ0) is 26.5. The lowest BCUT2D eigenvalue weighted by Gasteiger charge is -2.09. The van der Waals surface area contributed by atoms with Crippen molar-refractivity contribution in [2.24, 2.45) is 0 Å². The molecule has 0 radical (unpaired) electrons. The maximum Gasteiger partial charge on any atom is 0.303 e. The molecule has 0 saturated heterocycles. The molecule has 2 N–H and O–H groups in total. The molecule has 12 heteroatoms. The third-order valence-electron chi connectivity index (χ3n) is 4.26. The molecule has 0 saturated carbocycles. The summed E-state index contributed by atoms with van der Waals surface area (Å²) in [6.07, 6.45) is 0.722. The van der Waals surface area contributed by atoms with E-state index in [4.69, 9.17) is 43.0 Å². The van der Waals surface area contributed by atoms with Crippen molar-refractivity contribution in [2.75, 3.05) is 106 Å². The second kappa shape index (κ2) is 28.2. The summed E-state index contributed by atoms with van der Waals surface area (Å²) in [4.78, 5) is 21.7. The van der Waals surface area contributed by atoms with Crippen molar-refractivity contribution in [1.29, 1.82) is 0 Å². The number of carboxylic acid groups (broad SMARTS) is 1. The van der Waals surface area contributed by atoms with Crippen molar-refractivity contribution in [3.05, 3.63) is 0 Å². The SMILES string of the molecule is CC(C)OCCOCCOCCOCCOCCOCCOCCOCCCNC(=O)CCC(=O)O. The van der Waals surface area contributed by atoms with E-state index in [2.05, 4.69) is 5.32 Å². The molecule has 0 fully saturated rings. The molecule has 214 valence electrons. The molecule has 0 heterocycles. The molecule has 36 heavy (non-hydrogen) atoms. The van der Waals surface area contributed by atoms with Gasteiger partial charge in [0.25, 0.3) is 0 Å². The van der Waals surface area contributed by atoms with Gasteiger partial charge in [0, 0.05) is 19.6 Å². The number of nitrogens with one attached hydrogen (secondary N) is 1. The number of aliphatic carboxylic acids is 1. The summed E-state index contributed by atoms with van der Waals surface area (Å²) in [5, 5.41) is 11.1. The smallest absolute Gasteiger partial charge is 0.303 e. The van der Waals surface area contributed by atoms with Gasteiger partial charge in [0.2, 0.25) is 5.91 Å². The van der Waals surface area contributed by atoms with Crippen molar-refractivity contribution in [1.82, 2.24) is 5.32 Å². The summed E-state index contributed by atoms with van der Waals surface area (Å²) >= 11 is 0. The van der Waals surface area contributed by atoms with E-state index in [-0.39, 0.29) is 24.9 Å². The minimum Gasteiger partial charge on any atom is -0.481 e. The highest BCUT2D eigenvalue weighted by Gasteiger charge is 2.04. The van der Waals surface area contributed by atoms with Crippen LogP contribution < -0.4 is 5.32 Å². The maximum atomic E-state index is 11.3. The Balaban J connectivity index is 3.09. The number of hydrogen-bond donors (Lipinski definition) is 2. The van der Waals surface area contributed by atoms with Crippen LogP contribution in [0.1, 0.15) is 33.1 Å². The number of ether oxygens (including phenoxy) is 8. The van der Waals surface area contributed by atoms with Gasteiger partial charge in [0.15, 0.2) is 0 Å². The lowest BCUT2D eigenvalue weighted by Crippen LogP contribution is -2.25. The molecule has 12 nitrogen and oxygen atoms in total. The van der Waals surface area contributed by atoms with Crippen molar-refractivity contribution in [3.63, 3.8) is 0 Å². The molecular weight excluding hydrogens is 478 g/mol. The fourth-order valence-electron chi connectivity index (χ4n) is 2.48. The number of carbonyl (C=O) groups excluding carboxylic acids is 1. The van der Waals surface area contributed by atoms with Crippen LogP contribution in [0, 0.1) is 0 Å². The van der Waals surface area contributed by atoms with E-state index in [1.165, 1.54) is 0 Å². The number of carboxylic acids is 1. The van der Waals surface area contributed by atoms with Crippen LogP contribution in [0.4, 0.5) is 0 Å². The van der Waals surface area contributed by atoms with Gasteiger partial charge in [-0.15, -0.1) is 0 Å². The molecule has 0 aromatic carbocycles. The first-order valence-corrected chi connectivity index (χ1v) is 12.7. The molecule has 0 aliphatic carbocycles. The zero-order valence-corrected chi connectivity index (χ0v) is 22.0. The Morgan fingerprint density at radius 3 is 1.31 bits per heavy atom. The van der Waals surface area contributed by atoms with Gasteiger partial charge in [-0.3, -0.25) is 9.59 Å². The normalized spacial score (nSPS) is 11.3. The Morgan fingerprint density at radius 2 is 0.944 bits per heavy atom. The van der Waals surface area contributed by atoms with E-state index in [9.17, 15) is 9.59 Å². The maximum absolute atomic E-state index is 11.3. The summed E-state index contributed by atoms with van der Waals surface area (Å²) in [7, 11) is 0. The molecule has 0 unspecified atom stereocenters. The quantitative estimate of drug-likeness (QED) is 0.135. The first kappa shape index (κ1) is 34.6. The van der Waals surface area contributed by atoms with Gasteiger partial charge in [0.1, 0.15) is 0 Å². The topological polar surface area (TPSA) is 140 Å². The fraction of sp³-hybridized carbons (Fsp3) is 0.917. The number of rotatable bonds is 29. The average molecular weight is 526 g/mol. The number of hydrogen-bond acceptors (Lipinski definition) is 10. The average Bonchev–Trinajstić information content (AvgIpc) is 2.84. The van der Waals surface area contributed by atoms with Gasteiger partial charge in [-0.05, 0) is 20.3 Å². The van der Waals surface area contributed by atoms with Crippen LogP contribution in [0.25, 0.3) is 0 Å². The fourth-order valence-corrected chi connectivity index (χ4v) is 2.48. The van der Waals surface area contributed by atoms with Crippen molar-refractivity contribution in [3.8, 4) is 0 Å². The van der Waals surface area contributed by atoms with Crippen LogP contribution in [-0.2, 0) is 47.5 Å². The van der Waals surface area contributed by atoms with E-state index in [0.29, 0.717) is 112 Å². The summed E-state index contributed by atoms with van der Waals surface area (Å²) in [6.45, 7) is 12.1. The molecule has 0 aliphatic rings. The van der Waals surface area contributed by atoms with Gasteiger partial charge in [0.05, 0.1) is 105 Å². The standard InChI is InChI=1S/C24H47NO11/c1-22(2)36-21-20-35-19-18-34-17-16-33-15-14-32-13-12-31-11-10-30-9-8-29-7-3-6-25-23(26)4-5-24(27)28/h22H,3-21H2,1-2H3,(H,25,26)(H,27,28). The zero-order valence-electron chi connectivity index (χ0n) is 22.0. The van der Waals surface area contributed by atoms with Crippen molar-refractivity contribution >= 4 is 11.9 Å². The van der Waals surface area contributed by atoms with E-state index >= 15 is 0 Å². The molecule has 1 amide bonds. The van der Waals surface area contributed by atoms with E-state index < -0.39 is 5.97 Å². The molecule has 0 spiro atoms. The summed E-state index contributed by atoms with van der Waals surface area (Å²) in [5.41, 5.74) is 0. The predicted octanol–water partition coefficient (Wildman–Crippen LogP) is 0.899. The van der Waals surface area contributed by atoms with E-state index in [0.717, 1.165) is 0 Å². The molecule has 0 rings (SSSR count). The third-order valence-corrected chi connectivity index (χ3v) is 4.26. The Labute approximate surface area is 215 Å². The Kier molecular flexibility index (Phi) is 27.1. The van der Waals surface area contributed by atoms with Crippen LogP contribution in [0.5, 0.6) is 0 Å². The second-order valence-corrected chi connectivity index (χ2v) is 7.80. The van der Waals surface area contributed by atoms with Crippen molar-refractivity contribution in [2.45, 2.75) is 39.2 Å². The van der Waals surface area contributed by atoms with Crippen LogP contribution in [0.2, 0.25) is 0 Å². The highest BCUT2D eigenvalue weighted by atomic mass is 16.6. The first-order valence-electron chi connectivity index (χ1n) is 12.7. The number of amides is 1. The van der Waals surface area contributed by atoms with Gasteiger partial charge in [-0.25, -0.2) is 0 Å². The summed E-state index contributed by atoms with van der Waals surface area (Å²) < 4.78 is 43.2. The van der Waals surface area contributed by atoms with Gasteiger partial charge >= 0.3 is 5.97 Å². The Hall–Kier alpha value is -1.38. The third kappa shape index (κ3) is 30.7. The molecule has 0 atom stereocenters. The lowest BCUT2D eigenvalue weighted by molar-refractivity contribution is -0.138. The highest BCUT2D eigenvalue weighted by molar-refractivity contribution is 5.80. The Bertz CT molecular complexity index is 495. The van der Waals surface area contributed by atoms with Crippen LogP contribution in [-0.4, -0.2) is 129 Å². The van der Waals surface area contributed by atoms with E-state index in [1.54, 1.807) is 0 Å². The van der Waals surface area contributed by atoms with Gasteiger partial charge in [-0.2, -0.15) is 0 Å². The highest BCUT2D eigenvalue weighted by Crippen LogP contribution is 1.90. The van der Waals surface area contributed by atoms with Crippen LogP contribution in [0.15, 0.2) is 0 Å². The monoisotopic (exact) mass is 525 g/mol. The Morgan fingerprint density at radius 1 is 0.583 bits per heavy atom. The minimum atomic E-state index is -0.979. The number of carbonyl (C=O) groups is 2. The lowest BCUT2D eigenvalue weighted by atomic mass is 10.3. The summed E-state index contributed by atoms with van der Waals surface area (Å²) in [6, 6.07) is 0. The molecule has 0 aromatic rings. The van der Waals surface area contributed by atoms with Crippen LogP contribution in [0.3, 0.4) is 0 Å². The molecule has 0 bridgehead atoms. The molecule has 0 aliphatic heterocycles. The second-order valence-electron chi connectivity index (χ2n) is 7.80. The predicted molar refractivity (Wildman–Crippen MR) is 131 cm³/mol. The van der Waals surface area contributed by atoms with Gasteiger partial charge < -0.3 is 48.3 Å². The summed E-state index contributed by atoms with van der Waals surface area (Å²) in [5.74, 6) is -1.24. The molecular formula is C24H47NO11. The molecule has 0 aromatic heterocycles. The van der Waals surface area contributed by atoms with Gasteiger partial charge in [-0.1, -0.05) is 0 Å².